The van der Waals surface area contributed by atoms with Gasteiger partial charge in [-0.2, -0.15) is 0 Å². The molecule has 0 rings (SSSR count). The molecule has 1 radical (unpaired) electrons. The fourth-order valence-corrected chi connectivity index (χ4v) is 1.32. The summed E-state index contributed by atoms with van der Waals surface area (Å²) in [5.41, 5.74) is 7.18. The van der Waals surface area contributed by atoms with E-state index in [2.05, 4.69) is 42.9 Å². The van der Waals surface area contributed by atoms with E-state index >= 15 is 0 Å². The van der Waals surface area contributed by atoms with Crippen molar-refractivity contribution in [3.05, 3.63) is 0 Å². The summed E-state index contributed by atoms with van der Waals surface area (Å²) in [5.74, 6) is 0. The highest BCUT2D eigenvalue weighted by atomic mass is 15.2. The van der Waals surface area contributed by atoms with Gasteiger partial charge in [-0.15, -0.1) is 0 Å². The van der Waals surface area contributed by atoms with E-state index < -0.39 is 0 Å². The van der Waals surface area contributed by atoms with Crippen molar-refractivity contribution in [3.8, 4) is 0 Å². The first kappa shape index (κ1) is 14.8. The second-order valence-electron chi connectivity index (χ2n) is 4.55. The van der Waals surface area contributed by atoms with Crippen LogP contribution in [-0.4, -0.2) is 82.2 Å². The van der Waals surface area contributed by atoms with Gasteiger partial charge in [0.05, 0.1) is 0 Å². The van der Waals surface area contributed by atoms with Gasteiger partial charge in [0.2, 0.25) is 0 Å². The Morgan fingerprint density at radius 2 is 1.20 bits per heavy atom. The van der Waals surface area contributed by atoms with E-state index in [1.54, 1.807) is 0 Å². The molecule has 4 heteroatoms. The molecule has 0 saturated carbocycles. The topological polar surface area (TPSA) is 33.5 Å². The number of hydrogen-bond acceptors (Lipinski definition) is 3. The third-order valence-electron chi connectivity index (χ3n) is 2.38. The van der Waals surface area contributed by atoms with Gasteiger partial charge in [-0.25, -0.2) is 0 Å². The molecule has 0 aromatic carbocycles. The molecule has 0 fully saturated rings. The van der Waals surface area contributed by atoms with Gasteiger partial charge >= 0.3 is 0 Å². The zero-order valence-corrected chi connectivity index (χ0v) is 10.8. The van der Waals surface area contributed by atoms with E-state index in [1.807, 2.05) is 0 Å². The van der Waals surface area contributed by atoms with Gasteiger partial charge in [0.1, 0.15) is 0 Å². The Kier molecular flexibility index (Phi) is 9.00. The van der Waals surface area contributed by atoms with Crippen LogP contribution in [0.15, 0.2) is 0 Å². The van der Waals surface area contributed by atoms with Crippen LogP contribution in [0.5, 0.6) is 0 Å². The highest BCUT2D eigenvalue weighted by Gasteiger charge is 2.05. The van der Waals surface area contributed by atoms with Crippen molar-refractivity contribution in [2.75, 3.05) is 67.5 Å². The minimum Gasteiger partial charge on any atom is -0.308 e. The lowest BCUT2D eigenvalue weighted by Crippen LogP contribution is -2.37. The molecular formula is C11H27N4. The Balaban J connectivity index is 3.73. The molecule has 0 aliphatic rings. The van der Waals surface area contributed by atoms with Crippen LogP contribution in [0.4, 0.5) is 0 Å². The van der Waals surface area contributed by atoms with Gasteiger partial charge in [0, 0.05) is 32.7 Å². The normalized spacial score (nSPS) is 12.0. The molecule has 0 aliphatic carbocycles. The first-order valence-corrected chi connectivity index (χ1v) is 5.72. The zero-order chi connectivity index (χ0) is 11.7. The summed E-state index contributed by atoms with van der Waals surface area (Å²) < 4.78 is 0. The van der Waals surface area contributed by atoms with Gasteiger partial charge in [0.15, 0.2) is 0 Å². The Bertz CT molecular complexity index is 125. The monoisotopic (exact) mass is 215 g/mol. The predicted octanol–water partition coefficient (Wildman–Crippen LogP) is 0.0846. The second kappa shape index (κ2) is 9.09. The van der Waals surface area contributed by atoms with Gasteiger partial charge in [-0.05, 0) is 41.2 Å². The Labute approximate surface area is 95.0 Å². The number of nitrogens with zero attached hydrogens (tertiary/aromatic N) is 3. The van der Waals surface area contributed by atoms with Gasteiger partial charge in [-0.3, -0.25) is 5.73 Å². The van der Waals surface area contributed by atoms with E-state index in [9.17, 15) is 0 Å². The fourth-order valence-electron chi connectivity index (χ4n) is 1.32. The standard InChI is InChI=1S/C11H27N4/c1-13(2)8-10-15(7-5-6-12)11-9-14(3)4/h12H,5-11H2,1-4H3. The van der Waals surface area contributed by atoms with Crippen molar-refractivity contribution in [1.82, 2.24) is 20.4 Å². The van der Waals surface area contributed by atoms with Crippen LogP contribution in [0.2, 0.25) is 0 Å². The van der Waals surface area contributed by atoms with Crippen LogP contribution >= 0.6 is 0 Å². The summed E-state index contributed by atoms with van der Waals surface area (Å²) in [6, 6.07) is 0. The number of nitrogens with one attached hydrogen (secondary N) is 1. The van der Waals surface area contributed by atoms with Crippen molar-refractivity contribution in [1.29, 1.82) is 0 Å². The lowest BCUT2D eigenvalue weighted by molar-refractivity contribution is 0.217. The summed E-state index contributed by atoms with van der Waals surface area (Å²) >= 11 is 0. The van der Waals surface area contributed by atoms with Gasteiger partial charge < -0.3 is 14.7 Å². The lowest BCUT2D eigenvalue weighted by Gasteiger charge is -2.25. The molecule has 0 bridgehead atoms. The Morgan fingerprint density at radius 3 is 1.53 bits per heavy atom. The molecular weight excluding hydrogens is 188 g/mol. The molecule has 4 nitrogen and oxygen atoms in total. The number of likely N-dealkylation sites (N-methyl/N-ethyl adjacent to an activating group) is 2. The van der Waals surface area contributed by atoms with Crippen molar-refractivity contribution >= 4 is 0 Å². The summed E-state index contributed by atoms with van der Waals surface area (Å²) in [6.07, 6.45) is 0.987. The SMILES string of the molecule is CN(C)CCN(CCC[NH])CCN(C)C. The minimum absolute atomic E-state index is 0.542. The largest absolute Gasteiger partial charge is 0.308 e. The van der Waals surface area contributed by atoms with Crippen molar-refractivity contribution < 1.29 is 0 Å². The third-order valence-corrected chi connectivity index (χ3v) is 2.38. The van der Waals surface area contributed by atoms with E-state index in [-0.39, 0.29) is 0 Å². The van der Waals surface area contributed by atoms with Crippen molar-refractivity contribution in [2.24, 2.45) is 0 Å². The summed E-state index contributed by atoms with van der Waals surface area (Å²) in [6.45, 7) is 6.03. The quantitative estimate of drug-likeness (QED) is 0.546. The first-order chi connectivity index (χ1) is 7.06. The molecule has 0 aromatic rings. The van der Waals surface area contributed by atoms with Crippen LogP contribution in [0.25, 0.3) is 0 Å². The maximum absolute atomic E-state index is 7.18. The molecule has 0 aliphatic heterocycles. The van der Waals surface area contributed by atoms with Crippen LogP contribution in [0.3, 0.4) is 0 Å². The maximum Gasteiger partial charge on any atom is 0.0112 e. The average molecular weight is 215 g/mol. The van der Waals surface area contributed by atoms with Crippen molar-refractivity contribution in [2.45, 2.75) is 6.42 Å². The minimum atomic E-state index is 0.542. The van der Waals surface area contributed by atoms with Gasteiger partial charge in [-0.1, -0.05) is 0 Å². The molecule has 15 heavy (non-hydrogen) atoms. The second-order valence-corrected chi connectivity index (χ2v) is 4.55. The molecule has 0 saturated heterocycles. The Morgan fingerprint density at radius 1 is 0.733 bits per heavy atom. The van der Waals surface area contributed by atoms with Crippen LogP contribution in [0.1, 0.15) is 6.42 Å². The number of hydrogen-bond donors (Lipinski definition) is 0. The molecule has 0 aromatic heterocycles. The van der Waals surface area contributed by atoms with E-state index in [0.29, 0.717) is 6.54 Å². The highest BCUT2D eigenvalue weighted by molar-refractivity contribution is 4.61. The van der Waals surface area contributed by atoms with Crippen molar-refractivity contribution in [3.63, 3.8) is 0 Å². The molecule has 1 N–H and O–H groups in total. The van der Waals surface area contributed by atoms with Crippen LogP contribution in [-0.2, 0) is 0 Å². The zero-order valence-electron chi connectivity index (χ0n) is 10.8. The summed E-state index contributed by atoms with van der Waals surface area (Å²) in [5, 5.41) is 0. The number of rotatable bonds is 9. The highest BCUT2D eigenvalue weighted by Crippen LogP contribution is 1.93. The lowest BCUT2D eigenvalue weighted by atomic mass is 10.3. The predicted molar refractivity (Wildman–Crippen MR) is 66.1 cm³/mol. The molecule has 0 atom stereocenters. The van der Waals surface area contributed by atoms with Gasteiger partial charge in [0.25, 0.3) is 0 Å². The van der Waals surface area contributed by atoms with Crippen LogP contribution < -0.4 is 5.73 Å². The Hall–Kier alpha value is -0.160. The van der Waals surface area contributed by atoms with E-state index in [1.165, 1.54) is 0 Å². The summed E-state index contributed by atoms with van der Waals surface area (Å²) in [7, 11) is 8.42. The maximum atomic E-state index is 7.18. The molecule has 0 unspecified atom stereocenters. The third kappa shape index (κ3) is 10.1. The first-order valence-electron chi connectivity index (χ1n) is 5.72. The molecule has 91 valence electrons. The van der Waals surface area contributed by atoms with E-state index in [4.69, 9.17) is 5.73 Å². The summed E-state index contributed by atoms with van der Waals surface area (Å²) in [4.78, 5) is 6.88. The molecule has 0 spiro atoms. The smallest absolute Gasteiger partial charge is 0.0112 e. The van der Waals surface area contributed by atoms with E-state index in [0.717, 1.165) is 39.1 Å². The fraction of sp³-hybridized carbons (Fsp3) is 1.00. The average Bonchev–Trinajstić information content (AvgIpc) is 2.16. The van der Waals surface area contributed by atoms with Crippen LogP contribution in [0, 0.1) is 0 Å². The molecule has 0 heterocycles. The molecule has 0 amide bonds.